The van der Waals surface area contributed by atoms with Crippen LogP contribution in [0, 0.1) is 18.8 Å². The molecule has 154 valence electrons. The SMILES string of the molecule is Cc1ccccc1COn1nnc2ccc(S(=O)(=O)N3C[C@H](C)C[C@H](C)C3)cc21. The van der Waals surface area contributed by atoms with Gasteiger partial charge in [-0.05, 0) is 59.7 Å². The maximum Gasteiger partial charge on any atom is 0.243 e. The molecule has 1 aliphatic heterocycles. The zero-order chi connectivity index (χ0) is 20.6. The molecule has 0 amide bonds. The second-order valence-corrected chi connectivity index (χ2v) is 10.0. The predicted molar refractivity (Wildman–Crippen MR) is 111 cm³/mol. The number of nitrogens with zero attached hydrogens (tertiary/aromatic N) is 4. The van der Waals surface area contributed by atoms with Crippen LogP contribution in [0.15, 0.2) is 47.4 Å². The first-order valence-electron chi connectivity index (χ1n) is 9.88. The van der Waals surface area contributed by atoms with Gasteiger partial charge in [0.15, 0.2) is 0 Å². The molecule has 8 heteroatoms. The number of fused-ring (bicyclic) bond motifs is 1. The van der Waals surface area contributed by atoms with Crippen molar-refractivity contribution in [2.75, 3.05) is 13.1 Å². The highest BCUT2D eigenvalue weighted by Gasteiger charge is 2.32. The summed E-state index contributed by atoms with van der Waals surface area (Å²) < 4.78 is 28.0. The number of sulfonamides is 1. The lowest BCUT2D eigenvalue weighted by atomic mass is 9.94. The third-order valence-corrected chi connectivity index (χ3v) is 7.29. The molecule has 29 heavy (non-hydrogen) atoms. The Morgan fingerprint density at radius 2 is 1.83 bits per heavy atom. The summed E-state index contributed by atoms with van der Waals surface area (Å²) in [5.74, 6) is 0.698. The van der Waals surface area contributed by atoms with Crippen molar-refractivity contribution in [3.8, 4) is 0 Å². The smallest absolute Gasteiger partial charge is 0.243 e. The maximum absolute atomic E-state index is 13.2. The molecule has 0 aliphatic carbocycles. The van der Waals surface area contributed by atoms with Crippen molar-refractivity contribution in [2.45, 2.75) is 38.7 Å². The minimum absolute atomic E-state index is 0.245. The molecule has 3 aromatic rings. The van der Waals surface area contributed by atoms with Gasteiger partial charge in [-0.25, -0.2) is 8.42 Å². The largest absolute Gasteiger partial charge is 0.390 e. The summed E-state index contributed by atoms with van der Waals surface area (Å²) in [7, 11) is -3.58. The van der Waals surface area contributed by atoms with Crippen LogP contribution < -0.4 is 4.84 Å². The van der Waals surface area contributed by atoms with Gasteiger partial charge in [0.2, 0.25) is 10.0 Å². The van der Waals surface area contributed by atoms with Crippen LogP contribution in [0.25, 0.3) is 11.0 Å². The fourth-order valence-electron chi connectivity index (χ4n) is 3.99. The summed E-state index contributed by atoms with van der Waals surface area (Å²) in [5, 5.41) is 8.13. The zero-order valence-electron chi connectivity index (χ0n) is 16.9. The van der Waals surface area contributed by atoms with E-state index in [4.69, 9.17) is 4.84 Å². The molecular formula is C21H26N4O3S. The molecule has 1 aliphatic rings. The lowest BCUT2D eigenvalue weighted by Gasteiger charge is -2.34. The number of aryl methyl sites for hydroxylation is 1. The van der Waals surface area contributed by atoms with Gasteiger partial charge in [0, 0.05) is 13.1 Å². The number of hydrogen-bond donors (Lipinski definition) is 0. The fraction of sp³-hybridized carbons (Fsp3) is 0.429. The van der Waals surface area contributed by atoms with Crippen molar-refractivity contribution in [2.24, 2.45) is 11.8 Å². The van der Waals surface area contributed by atoms with E-state index >= 15 is 0 Å². The van der Waals surface area contributed by atoms with E-state index in [1.807, 2.05) is 31.2 Å². The van der Waals surface area contributed by atoms with Crippen LogP contribution in [0.3, 0.4) is 0 Å². The Labute approximate surface area is 171 Å². The Hall–Kier alpha value is -2.45. The number of rotatable bonds is 5. The molecule has 2 atom stereocenters. The van der Waals surface area contributed by atoms with Crippen LogP contribution >= 0.6 is 0 Å². The van der Waals surface area contributed by atoms with Gasteiger partial charge in [-0.1, -0.05) is 43.0 Å². The molecule has 7 nitrogen and oxygen atoms in total. The average Bonchev–Trinajstić information content (AvgIpc) is 3.09. The lowest BCUT2D eigenvalue weighted by Crippen LogP contribution is -2.42. The van der Waals surface area contributed by atoms with Crippen LogP contribution in [0.4, 0.5) is 0 Å². The highest BCUT2D eigenvalue weighted by molar-refractivity contribution is 7.89. The predicted octanol–water partition coefficient (Wildman–Crippen LogP) is 3.04. The van der Waals surface area contributed by atoms with Crippen molar-refractivity contribution in [3.05, 3.63) is 53.6 Å². The van der Waals surface area contributed by atoms with Gasteiger partial charge < -0.3 is 4.84 Å². The first-order valence-corrected chi connectivity index (χ1v) is 11.3. The number of piperidine rings is 1. The molecule has 1 fully saturated rings. The van der Waals surface area contributed by atoms with Gasteiger partial charge in [0.25, 0.3) is 0 Å². The van der Waals surface area contributed by atoms with Crippen molar-refractivity contribution < 1.29 is 13.3 Å². The summed E-state index contributed by atoms with van der Waals surface area (Å²) in [5.41, 5.74) is 3.29. The standard InChI is InChI=1S/C21H26N4O3S/c1-15-10-16(2)13-24(12-15)29(26,27)19-8-9-20-21(11-19)25(23-22-20)28-14-18-7-5-4-6-17(18)3/h4-9,11,15-16H,10,12-14H2,1-3H3/t15-,16+. The van der Waals surface area contributed by atoms with E-state index in [1.54, 1.807) is 22.5 Å². The van der Waals surface area contributed by atoms with Crippen LogP contribution in [0.5, 0.6) is 0 Å². The third kappa shape index (κ3) is 4.00. The van der Waals surface area contributed by atoms with Crippen molar-refractivity contribution in [1.82, 2.24) is 19.5 Å². The van der Waals surface area contributed by atoms with E-state index in [1.165, 1.54) is 4.85 Å². The molecule has 0 spiro atoms. The second kappa shape index (κ2) is 7.76. The van der Waals surface area contributed by atoms with Gasteiger partial charge in [0.05, 0.1) is 4.90 Å². The van der Waals surface area contributed by atoms with Crippen LogP contribution in [0.2, 0.25) is 0 Å². The molecule has 0 unspecified atom stereocenters. The minimum atomic E-state index is -3.58. The van der Waals surface area contributed by atoms with Crippen molar-refractivity contribution in [3.63, 3.8) is 0 Å². The third-order valence-electron chi connectivity index (χ3n) is 5.46. The Balaban J connectivity index is 1.62. The van der Waals surface area contributed by atoms with E-state index in [-0.39, 0.29) is 4.90 Å². The van der Waals surface area contributed by atoms with Gasteiger partial charge in [-0.3, -0.25) is 0 Å². The van der Waals surface area contributed by atoms with Crippen LogP contribution in [-0.2, 0) is 16.6 Å². The topological polar surface area (TPSA) is 77.3 Å². The van der Waals surface area contributed by atoms with Crippen molar-refractivity contribution >= 4 is 21.1 Å². The number of hydrogen-bond acceptors (Lipinski definition) is 5. The summed E-state index contributed by atoms with van der Waals surface area (Å²) in [6, 6.07) is 12.8. The maximum atomic E-state index is 13.2. The molecule has 0 radical (unpaired) electrons. The van der Waals surface area contributed by atoms with Crippen LogP contribution in [0.1, 0.15) is 31.4 Å². The van der Waals surface area contributed by atoms with Gasteiger partial charge >= 0.3 is 0 Å². The molecule has 4 rings (SSSR count). The van der Waals surface area contributed by atoms with E-state index in [0.29, 0.717) is 42.6 Å². The molecule has 0 bridgehead atoms. The quantitative estimate of drug-likeness (QED) is 0.641. The molecule has 0 N–H and O–H groups in total. The van der Waals surface area contributed by atoms with Gasteiger partial charge in [-0.15, -0.1) is 5.10 Å². The van der Waals surface area contributed by atoms with Crippen molar-refractivity contribution in [1.29, 1.82) is 0 Å². The summed E-state index contributed by atoms with van der Waals surface area (Å²) in [6.07, 6.45) is 1.05. The normalized spacial score (nSPS) is 20.8. The minimum Gasteiger partial charge on any atom is -0.390 e. The Bertz CT molecular complexity index is 1120. The molecular weight excluding hydrogens is 388 g/mol. The monoisotopic (exact) mass is 414 g/mol. The van der Waals surface area contributed by atoms with Gasteiger partial charge in [-0.2, -0.15) is 4.31 Å². The summed E-state index contributed by atoms with van der Waals surface area (Å²) in [4.78, 5) is 7.36. The first kappa shape index (κ1) is 19.8. The van der Waals surface area contributed by atoms with Gasteiger partial charge in [0.1, 0.15) is 17.6 Å². The summed E-state index contributed by atoms with van der Waals surface area (Å²) >= 11 is 0. The second-order valence-electron chi connectivity index (χ2n) is 8.08. The van der Waals surface area contributed by atoms with Crippen LogP contribution in [-0.4, -0.2) is 41.0 Å². The summed E-state index contributed by atoms with van der Waals surface area (Å²) in [6.45, 7) is 7.63. The first-order chi connectivity index (χ1) is 13.8. The lowest BCUT2D eigenvalue weighted by molar-refractivity contribution is 0.0748. The fourth-order valence-corrected chi connectivity index (χ4v) is 5.69. The van der Waals surface area contributed by atoms with E-state index < -0.39 is 10.0 Å². The molecule has 1 aromatic heterocycles. The van der Waals surface area contributed by atoms with E-state index in [2.05, 4.69) is 24.2 Å². The molecule has 2 aromatic carbocycles. The Morgan fingerprint density at radius 1 is 1.10 bits per heavy atom. The zero-order valence-corrected chi connectivity index (χ0v) is 17.8. The average molecular weight is 415 g/mol. The number of aromatic nitrogens is 3. The highest BCUT2D eigenvalue weighted by Crippen LogP contribution is 2.27. The van der Waals surface area contributed by atoms with E-state index in [9.17, 15) is 8.42 Å². The Kier molecular flexibility index (Phi) is 5.31. The molecule has 2 heterocycles. The highest BCUT2D eigenvalue weighted by atomic mass is 32.2. The number of benzene rings is 2. The Morgan fingerprint density at radius 3 is 2.55 bits per heavy atom. The van der Waals surface area contributed by atoms with E-state index in [0.717, 1.165) is 17.5 Å². The molecule has 0 saturated carbocycles. The molecule has 1 saturated heterocycles.